The van der Waals surface area contributed by atoms with Gasteiger partial charge in [0.1, 0.15) is 23.0 Å². The van der Waals surface area contributed by atoms with Gasteiger partial charge in [-0.05, 0) is 31.2 Å². The number of nitrogens with zero attached hydrogens (tertiary/aromatic N) is 3. The highest BCUT2D eigenvalue weighted by atomic mass is 32.1. The van der Waals surface area contributed by atoms with Crippen LogP contribution in [0.3, 0.4) is 0 Å². The number of thiazole rings is 1. The average molecular weight is 383 g/mol. The van der Waals surface area contributed by atoms with Crippen LogP contribution in [-0.2, 0) is 11.3 Å². The van der Waals surface area contributed by atoms with Crippen LogP contribution in [0.5, 0.6) is 0 Å². The first-order valence-electron chi connectivity index (χ1n) is 8.10. The van der Waals surface area contributed by atoms with Gasteiger partial charge in [-0.3, -0.25) is 0 Å². The average Bonchev–Trinajstić information content (AvgIpc) is 3.40. The molecule has 3 aromatic heterocycles. The summed E-state index contributed by atoms with van der Waals surface area (Å²) in [6.07, 6.45) is 3.71. The maximum absolute atomic E-state index is 13.8. The number of aromatic nitrogens is 3. The van der Waals surface area contributed by atoms with E-state index in [1.807, 2.05) is 29.1 Å². The molecule has 0 unspecified atom stereocenters. The Morgan fingerprint density at radius 3 is 2.81 bits per heavy atom. The first kappa shape index (κ1) is 17.2. The molecule has 0 radical (unpaired) electrons. The second kappa shape index (κ2) is 7.16. The van der Waals surface area contributed by atoms with Crippen molar-refractivity contribution in [2.45, 2.75) is 13.5 Å². The number of carbonyl (C=O) groups is 1. The Morgan fingerprint density at radius 2 is 2.04 bits per heavy atom. The number of benzene rings is 1. The van der Waals surface area contributed by atoms with Crippen molar-refractivity contribution >= 4 is 17.3 Å². The van der Waals surface area contributed by atoms with Gasteiger partial charge in [0, 0.05) is 18.5 Å². The van der Waals surface area contributed by atoms with Crippen molar-refractivity contribution in [3.05, 3.63) is 76.9 Å². The molecule has 0 saturated heterocycles. The molecule has 0 aliphatic carbocycles. The van der Waals surface area contributed by atoms with Crippen LogP contribution < -0.4 is 0 Å². The Labute approximate surface area is 157 Å². The third kappa shape index (κ3) is 3.52. The fourth-order valence-corrected chi connectivity index (χ4v) is 3.44. The summed E-state index contributed by atoms with van der Waals surface area (Å²) < 4.78 is 26.1. The molecule has 0 amide bonds. The van der Waals surface area contributed by atoms with Gasteiger partial charge in [0.25, 0.3) is 0 Å². The molecular formula is C19H14FN3O3S. The van der Waals surface area contributed by atoms with Crippen molar-refractivity contribution in [1.82, 2.24) is 14.7 Å². The fourth-order valence-electron chi connectivity index (χ4n) is 2.52. The van der Waals surface area contributed by atoms with Crippen LogP contribution in [0.4, 0.5) is 4.39 Å². The predicted molar refractivity (Wildman–Crippen MR) is 97.2 cm³/mol. The molecule has 0 fully saturated rings. The molecule has 0 bridgehead atoms. The van der Waals surface area contributed by atoms with Crippen molar-refractivity contribution < 1.29 is 18.4 Å². The van der Waals surface area contributed by atoms with E-state index in [2.05, 4.69) is 10.1 Å². The standard InChI is InChI=1S/C19H14FN3O3S/c1-12-17(27-19(21-12)23-8-4-5-9-23)18(24)25-11-13-10-16(26-22-13)14-6-2-3-7-15(14)20/h2-10H,11H2,1H3. The Hall–Kier alpha value is -3.26. The van der Waals surface area contributed by atoms with Crippen LogP contribution in [0.2, 0.25) is 0 Å². The summed E-state index contributed by atoms with van der Waals surface area (Å²) in [4.78, 5) is 17.2. The Kier molecular flexibility index (Phi) is 4.55. The molecule has 1 aromatic carbocycles. The Balaban J connectivity index is 1.45. The molecule has 6 nitrogen and oxygen atoms in total. The minimum atomic E-state index is -0.487. The maximum Gasteiger partial charge on any atom is 0.350 e. The van der Waals surface area contributed by atoms with Gasteiger partial charge in [-0.1, -0.05) is 28.6 Å². The highest BCUT2D eigenvalue weighted by Gasteiger charge is 2.18. The molecule has 0 aliphatic heterocycles. The van der Waals surface area contributed by atoms with Crippen molar-refractivity contribution in [3.63, 3.8) is 0 Å². The Bertz CT molecular complexity index is 1090. The van der Waals surface area contributed by atoms with E-state index in [0.717, 1.165) is 0 Å². The summed E-state index contributed by atoms with van der Waals surface area (Å²) in [6.45, 7) is 1.68. The predicted octanol–water partition coefficient (Wildman–Crippen LogP) is 4.39. The minimum Gasteiger partial charge on any atom is -0.455 e. The van der Waals surface area contributed by atoms with Gasteiger partial charge < -0.3 is 13.8 Å². The third-order valence-electron chi connectivity index (χ3n) is 3.85. The van der Waals surface area contributed by atoms with Gasteiger partial charge >= 0.3 is 5.97 Å². The molecule has 4 rings (SSSR count). The van der Waals surface area contributed by atoms with Crippen LogP contribution in [0.1, 0.15) is 21.1 Å². The van der Waals surface area contributed by atoms with Crippen LogP contribution in [-0.4, -0.2) is 20.7 Å². The third-order valence-corrected chi connectivity index (χ3v) is 5.00. The van der Waals surface area contributed by atoms with E-state index in [-0.39, 0.29) is 12.4 Å². The summed E-state index contributed by atoms with van der Waals surface area (Å²) in [5.74, 6) is -0.614. The number of rotatable bonds is 5. The lowest BCUT2D eigenvalue weighted by atomic mass is 10.1. The second-order valence-electron chi connectivity index (χ2n) is 5.74. The number of carbonyl (C=O) groups excluding carboxylic acids is 1. The van der Waals surface area contributed by atoms with E-state index < -0.39 is 11.8 Å². The molecular weight excluding hydrogens is 369 g/mol. The summed E-state index contributed by atoms with van der Waals surface area (Å²) in [6, 6.07) is 11.5. The Morgan fingerprint density at radius 1 is 1.26 bits per heavy atom. The van der Waals surface area contributed by atoms with Gasteiger partial charge in [0.15, 0.2) is 10.9 Å². The molecule has 0 atom stereocenters. The van der Waals surface area contributed by atoms with E-state index >= 15 is 0 Å². The number of halogens is 1. The molecule has 136 valence electrons. The van der Waals surface area contributed by atoms with Gasteiger partial charge in [-0.25, -0.2) is 14.2 Å². The van der Waals surface area contributed by atoms with E-state index in [1.54, 1.807) is 31.2 Å². The molecule has 0 aliphatic rings. The normalized spacial score (nSPS) is 10.9. The number of aryl methyl sites for hydroxylation is 1. The van der Waals surface area contributed by atoms with Crippen LogP contribution in [0.25, 0.3) is 16.5 Å². The SMILES string of the molecule is Cc1nc(-n2cccc2)sc1C(=O)OCc1cc(-c2ccccc2F)on1. The van der Waals surface area contributed by atoms with E-state index in [1.165, 1.54) is 17.4 Å². The number of hydrogen-bond acceptors (Lipinski definition) is 6. The maximum atomic E-state index is 13.8. The molecule has 3 heterocycles. The van der Waals surface area contributed by atoms with Crippen molar-refractivity contribution in [2.24, 2.45) is 0 Å². The molecule has 27 heavy (non-hydrogen) atoms. The lowest BCUT2D eigenvalue weighted by molar-refractivity contribution is 0.0469. The minimum absolute atomic E-state index is 0.0764. The second-order valence-corrected chi connectivity index (χ2v) is 6.72. The zero-order chi connectivity index (χ0) is 18.8. The van der Waals surface area contributed by atoms with Crippen molar-refractivity contribution in [2.75, 3.05) is 0 Å². The van der Waals surface area contributed by atoms with Gasteiger partial charge in [0.05, 0.1) is 11.3 Å². The van der Waals surface area contributed by atoms with E-state index in [0.29, 0.717) is 27.0 Å². The highest BCUT2D eigenvalue weighted by molar-refractivity contribution is 7.16. The molecule has 4 aromatic rings. The lowest BCUT2D eigenvalue weighted by Crippen LogP contribution is -2.05. The summed E-state index contributed by atoms with van der Waals surface area (Å²) in [7, 11) is 0. The summed E-state index contributed by atoms with van der Waals surface area (Å²) in [5.41, 5.74) is 1.30. The number of ether oxygens (including phenoxy) is 1. The first-order valence-corrected chi connectivity index (χ1v) is 8.92. The largest absolute Gasteiger partial charge is 0.455 e. The van der Waals surface area contributed by atoms with Gasteiger partial charge in [0.2, 0.25) is 0 Å². The monoisotopic (exact) mass is 383 g/mol. The summed E-state index contributed by atoms with van der Waals surface area (Å²) in [5, 5.41) is 4.52. The fraction of sp³-hybridized carbons (Fsp3) is 0.105. The smallest absolute Gasteiger partial charge is 0.350 e. The molecule has 0 N–H and O–H groups in total. The molecule has 8 heteroatoms. The quantitative estimate of drug-likeness (QED) is 0.478. The molecule has 0 saturated carbocycles. The van der Waals surface area contributed by atoms with Gasteiger partial charge in [-0.2, -0.15) is 0 Å². The van der Waals surface area contributed by atoms with Crippen LogP contribution in [0, 0.1) is 12.7 Å². The summed E-state index contributed by atoms with van der Waals surface area (Å²) >= 11 is 1.25. The van der Waals surface area contributed by atoms with Crippen LogP contribution >= 0.6 is 11.3 Å². The molecule has 0 spiro atoms. The van der Waals surface area contributed by atoms with Crippen LogP contribution in [0.15, 0.2) is 59.4 Å². The zero-order valence-electron chi connectivity index (χ0n) is 14.3. The number of hydrogen-bond donors (Lipinski definition) is 0. The lowest BCUT2D eigenvalue weighted by Gasteiger charge is -2.00. The number of esters is 1. The van der Waals surface area contributed by atoms with E-state index in [9.17, 15) is 9.18 Å². The van der Waals surface area contributed by atoms with E-state index in [4.69, 9.17) is 9.26 Å². The zero-order valence-corrected chi connectivity index (χ0v) is 15.1. The van der Waals surface area contributed by atoms with Gasteiger partial charge in [-0.15, -0.1) is 0 Å². The topological polar surface area (TPSA) is 70.2 Å². The van der Waals surface area contributed by atoms with Crippen molar-refractivity contribution in [3.8, 4) is 16.5 Å². The highest BCUT2D eigenvalue weighted by Crippen LogP contribution is 2.25. The van der Waals surface area contributed by atoms with Crippen molar-refractivity contribution in [1.29, 1.82) is 0 Å². The first-order chi connectivity index (χ1) is 13.1.